The van der Waals surface area contributed by atoms with Crippen molar-refractivity contribution in [2.45, 2.75) is 13.1 Å². The summed E-state index contributed by atoms with van der Waals surface area (Å²) in [7, 11) is 3.64. The lowest BCUT2D eigenvalue weighted by Crippen LogP contribution is -2.18. The van der Waals surface area contributed by atoms with Gasteiger partial charge in [0.05, 0.1) is 5.69 Å². The van der Waals surface area contributed by atoms with Crippen LogP contribution in [0.5, 0.6) is 0 Å². The zero-order valence-corrected chi connectivity index (χ0v) is 11.7. The molecule has 106 valence electrons. The van der Waals surface area contributed by atoms with Crippen molar-refractivity contribution < 1.29 is 8.78 Å². The monoisotopic (exact) mass is 276 g/mol. The van der Waals surface area contributed by atoms with Crippen molar-refractivity contribution in [1.29, 1.82) is 0 Å². The molecule has 2 aromatic carbocycles. The van der Waals surface area contributed by atoms with Crippen molar-refractivity contribution >= 4 is 5.69 Å². The third-order valence-corrected chi connectivity index (χ3v) is 3.14. The summed E-state index contributed by atoms with van der Waals surface area (Å²) in [4.78, 5) is 1.81. The van der Waals surface area contributed by atoms with Gasteiger partial charge < -0.3 is 10.2 Å². The van der Waals surface area contributed by atoms with Gasteiger partial charge in [0.1, 0.15) is 11.6 Å². The van der Waals surface area contributed by atoms with E-state index < -0.39 is 0 Å². The minimum Gasteiger partial charge on any atom is -0.368 e. The van der Waals surface area contributed by atoms with Crippen LogP contribution >= 0.6 is 0 Å². The van der Waals surface area contributed by atoms with Crippen LogP contribution in [0.2, 0.25) is 0 Å². The quantitative estimate of drug-likeness (QED) is 0.901. The normalized spacial score (nSPS) is 10.6. The summed E-state index contributed by atoms with van der Waals surface area (Å²) in [6, 6.07) is 11.4. The topological polar surface area (TPSA) is 15.3 Å². The number of benzene rings is 2. The van der Waals surface area contributed by atoms with E-state index in [9.17, 15) is 8.78 Å². The molecule has 1 N–H and O–H groups in total. The smallest absolute Gasteiger partial charge is 0.146 e. The molecule has 2 aromatic rings. The largest absolute Gasteiger partial charge is 0.368 e. The lowest BCUT2D eigenvalue weighted by molar-refractivity contribution is 0.617. The van der Waals surface area contributed by atoms with Crippen LogP contribution in [0.3, 0.4) is 0 Å². The third-order valence-electron chi connectivity index (χ3n) is 3.14. The highest BCUT2D eigenvalue weighted by molar-refractivity contribution is 5.49. The fraction of sp³-hybridized carbons (Fsp3) is 0.250. The van der Waals surface area contributed by atoms with E-state index >= 15 is 0 Å². The fourth-order valence-corrected chi connectivity index (χ4v) is 2.12. The van der Waals surface area contributed by atoms with Crippen LogP contribution in [0, 0.1) is 11.6 Å². The van der Waals surface area contributed by atoms with Crippen molar-refractivity contribution in [1.82, 2.24) is 5.32 Å². The lowest BCUT2D eigenvalue weighted by Gasteiger charge is -2.20. The van der Waals surface area contributed by atoms with Gasteiger partial charge in [-0.1, -0.05) is 18.2 Å². The maximum Gasteiger partial charge on any atom is 0.146 e. The molecule has 0 fully saturated rings. The Kier molecular flexibility index (Phi) is 4.69. The number of nitrogens with zero attached hydrogens (tertiary/aromatic N) is 1. The summed E-state index contributed by atoms with van der Waals surface area (Å²) in [5.74, 6) is -0.513. The number of nitrogens with one attached hydrogen (secondary N) is 1. The van der Waals surface area contributed by atoms with Crippen LogP contribution in [-0.4, -0.2) is 14.1 Å². The highest BCUT2D eigenvalue weighted by Gasteiger charge is 2.09. The Morgan fingerprint density at radius 3 is 2.25 bits per heavy atom. The van der Waals surface area contributed by atoms with E-state index in [0.717, 1.165) is 11.1 Å². The van der Waals surface area contributed by atoms with Crippen molar-refractivity contribution in [2.75, 3.05) is 19.0 Å². The van der Waals surface area contributed by atoms with Gasteiger partial charge in [-0.05, 0) is 42.4 Å². The predicted molar refractivity (Wildman–Crippen MR) is 77.7 cm³/mol. The van der Waals surface area contributed by atoms with E-state index in [0.29, 0.717) is 18.8 Å². The SMILES string of the molecule is CNCc1ccc(N(C)Cc2ccc(F)cc2)c(F)c1. The first-order chi connectivity index (χ1) is 9.60. The van der Waals surface area contributed by atoms with Crippen LogP contribution in [0.1, 0.15) is 11.1 Å². The van der Waals surface area contributed by atoms with Crippen LogP contribution in [0.4, 0.5) is 14.5 Å². The Bertz CT molecular complexity index is 567. The average molecular weight is 276 g/mol. The Morgan fingerprint density at radius 1 is 1.00 bits per heavy atom. The van der Waals surface area contributed by atoms with Crippen LogP contribution in [0.15, 0.2) is 42.5 Å². The molecule has 0 aliphatic heterocycles. The molecule has 4 heteroatoms. The first-order valence-electron chi connectivity index (χ1n) is 6.49. The molecule has 0 aliphatic carbocycles. The minimum atomic E-state index is -0.265. The molecule has 0 heterocycles. The van der Waals surface area contributed by atoms with Gasteiger partial charge in [-0.25, -0.2) is 8.78 Å². The van der Waals surface area contributed by atoms with E-state index in [1.165, 1.54) is 18.2 Å². The van der Waals surface area contributed by atoms with E-state index in [1.807, 2.05) is 25.1 Å². The number of halogens is 2. The zero-order chi connectivity index (χ0) is 14.5. The second-order valence-corrected chi connectivity index (χ2v) is 4.80. The molecule has 0 spiro atoms. The molecule has 0 unspecified atom stereocenters. The van der Waals surface area contributed by atoms with Crippen molar-refractivity contribution in [3.05, 3.63) is 65.2 Å². The summed E-state index contributed by atoms with van der Waals surface area (Å²) < 4.78 is 26.9. The Morgan fingerprint density at radius 2 is 1.65 bits per heavy atom. The molecule has 0 saturated carbocycles. The highest BCUT2D eigenvalue weighted by Crippen LogP contribution is 2.21. The molecule has 0 aliphatic rings. The second kappa shape index (κ2) is 6.48. The third kappa shape index (κ3) is 3.54. The van der Waals surface area contributed by atoms with E-state index in [4.69, 9.17) is 0 Å². The Hall–Kier alpha value is -1.94. The molecule has 20 heavy (non-hydrogen) atoms. The molecule has 0 radical (unpaired) electrons. The maximum absolute atomic E-state index is 14.1. The highest BCUT2D eigenvalue weighted by atomic mass is 19.1. The van der Waals surface area contributed by atoms with Gasteiger partial charge in [0.25, 0.3) is 0 Å². The second-order valence-electron chi connectivity index (χ2n) is 4.80. The molecule has 0 amide bonds. The van der Waals surface area contributed by atoms with Crippen LogP contribution in [-0.2, 0) is 13.1 Å². The van der Waals surface area contributed by atoms with Gasteiger partial charge in [0.2, 0.25) is 0 Å². The van der Waals surface area contributed by atoms with Gasteiger partial charge in [-0.15, -0.1) is 0 Å². The summed E-state index contributed by atoms with van der Waals surface area (Å²) in [5.41, 5.74) is 2.38. The van der Waals surface area contributed by atoms with Crippen LogP contribution in [0.25, 0.3) is 0 Å². The van der Waals surface area contributed by atoms with Gasteiger partial charge in [0.15, 0.2) is 0 Å². The first kappa shape index (κ1) is 14.5. The van der Waals surface area contributed by atoms with Gasteiger partial charge in [-0.2, -0.15) is 0 Å². The van der Waals surface area contributed by atoms with Gasteiger partial charge >= 0.3 is 0 Å². The molecule has 0 saturated heterocycles. The van der Waals surface area contributed by atoms with E-state index in [-0.39, 0.29) is 11.6 Å². The first-order valence-corrected chi connectivity index (χ1v) is 6.49. The van der Waals surface area contributed by atoms with Crippen LogP contribution < -0.4 is 10.2 Å². The molecule has 2 nitrogen and oxygen atoms in total. The summed E-state index contributed by atoms with van der Waals surface area (Å²) in [6.07, 6.45) is 0. The number of hydrogen-bond acceptors (Lipinski definition) is 2. The molecule has 0 aromatic heterocycles. The predicted octanol–water partition coefficient (Wildman–Crippen LogP) is 3.32. The average Bonchev–Trinajstić information content (AvgIpc) is 2.42. The van der Waals surface area contributed by atoms with Crippen molar-refractivity contribution in [3.63, 3.8) is 0 Å². The van der Waals surface area contributed by atoms with Crippen molar-refractivity contribution in [3.8, 4) is 0 Å². The summed E-state index contributed by atoms with van der Waals surface area (Å²) in [5, 5.41) is 2.99. The van der Waals surface area contributed by atoms with E-state index in [2.05, 4.69) is 5.32 Å². The fourth-order valence-electron chi connectivity index (χ4n) is 2.12. The number of rotatable bonds is 5. The van der Waals surface area contributed by atoms with E-state index in [1.54, 1.807) is 18.2 Å². The molecule has 2 rings (SSSR count). The molecule has 0 bridgehead atoms. The number of hydrogen-bond donors (Lipinski definition) is 1. The molecule has 0 atom stereocenters. The molecular weight excluding hydrogens is 258 g/mol. The standard InChI is InChI=1S/C16H18F2N2/c1-19-10-13-5-8-16(15(18)9-13)20(2)11-12-3-6-14(17)7-4-12/h3-9,19H,10-11H2,1-2H3. The molecular formula is C16H18F2N2. The minimum absolute atomic E-state index is 0.248. The summed E-state index contributed by atoms with van der Waals surface area (Å²) in [6.45, 7) is 1.17. The van der Waals surface area contributed by atoms with Gasteiger partial charge in [0, 0.05) is 20.1 Å². The summed E-state index contributed by atoms with van der Waals surface area (Å²) >= 11 is 0. The maximum atomic E-state index is 14.1. The Balaban J connectivity index is 2.12. The van der Waals surface area contributed by atoms with Gasteiger partial charge in [-0.3, -0.25) is 0 Å². The van der Waals surface area contributed by atoms with Crippen molar-refractivity contribution in [2.24, 2.45) is 0 Å². The lowest BCUT2D eigenvalue weighted by atomic mass is 10.1. The zero-order valence-electron chi connectivity index (χ0n) is 11.7. The Labute approximate surface area is 118 Å². The number of anilines is 1.